The number of hydrogen-bond donors (Lipinski definition) is 2. The van der Waals surface area contributed by atoms with Gasteiger partial charge in [-0.05, 0) is 13.8 Å². The zero-order valence-electron chi connectivity index (χ0n) is 9.08. The van der Waals surface area contributed by atoms with Crippen LogP contribution in [0.1, 0.15) is 17.1 Å². The molecular weight excluding hydrogens is 208 g/mol. The van der Waals surface area contributed by atoms with Crippen molar-refractivity contribution in [3.05, 3.63) is 22.5 Å². The molecule has 2 aromatic heterocycles. The van der Waals surface area contributed by atoms with Gasteiger partial charge in [0.1, 0.15) is 0 Å². The Labute approximate surface area is 93.1 Å². The summed E-state index contributed by atoms with van der Waals surface area (Å²) in [6, 6.07) is 0. The van der Waals surface area contributed by atoms with Crippen molar-refractivity contribution in [2.75, 3.05) is 13.1 Å². The molecule has 2 aromatic rings. The van der Waals surface area contributed by atoms with Crippen LogP contribution in [0.15, 0.2) is 5.38 Å². The van der Waals surface area contributed by atoms with Gasteiger partial charge in [-0.1, -0.05) is 0 Å². The Morgan fingerprint density at radius 2 is 2.33 bits per heavy atom. The lowest BCUT2D eigenvalue weighted by atomic mass is 10.3. The molecule has 3 N–H and O–H groups in total. The first kappa shape index (κ1) is 10.6. The van der Waals surface area contributed by atoms with Crippen molar-refractivity contribution < 1.29 is 0 Å². The molecule has 0 fully saturated rings. The summed E-state index contributed by atoms with van der Waals surface area (Å²) in [5.74, 6) is 0. The monoisotopic (exact) mass is 224 g/mol. The fraction of sp³-hybridized carbons (Fsp3) is 0.500. The molecule has 5 heteroatoms. The number of nitrogens with zero attached hydrogens (tertiary/aromatic N) is 2. The first-order valence-electron chi connectivity index (χ1n) is 5.07. The van der Waals surface area contributed by atoms with E-state index in [1.54, 1.807) is 11.3 Å². The number of aromatic nitrogens is 2. The summed E-state index contributed by atoms with van der Waals surface area (Å²) < 4.78 is 2.21. The normalized spacial score (nSPS) is 11.4. The van der Waals surface area contributed by atoms with Crippen molar-refractivity contribution in [2.45, 2.75) is 20.4 Å². The number of thiazole rings is 1. The summed E-state index contributed by atoms with van der Waals surface area (Å²) in [4.78, 5) is 5.60. The second kappa shape index (κ2) is 4.30. The minimum atomic E-state index is 0.670. The summed E-state index contributed by atoms with van der Waals surface area (Å²) in [6.45, 7) is 6.51. The maximum Gasteiger partial charge on any atom is 0.194 e. The number of fused-ring (bicyclic) bond motifs is 1. The lowest BCUT2D eigenvalue weighted by Gasteiger charge is -2.04. The third-order valence-electron chi connectivity index (χ3n) is 2.44. The van der Waals surface area contributed by atoms with Gasteiger partial charge in [-0.15, -0.1) is 11.3 Å². The van der Waals surface area contributed by atoms with Gasteiger partial charge < -0.3 is 11.1 Å². The van der Waals surface area contributed by atoms with E-state index in [9.17, 15) is 0 Å². The second-order valence-corrected chi connectivity index (χ2v) is 4.44. The van der Waals surface area contributed by atoms with E-state index in [1.807, 2.05) is 0 Å². The van der Waals surface area contributed by atoms with Crippen molar-refractivity contribution in [3.63, 3.8) is 0 Å². The van der Waals surface area contributed by atoms with Crippen LogP contribution in [-0.2, 0) is 6.54 Å². The molecule has 0 aliphatic heterocycles. The van der Waals surface area contributed by atoms with Crippen molar-refractivity contribution in [1.82, 2.24) is 14.7 Å². The Morgan fingerprint density at radius 3 is 3.07 bits per heavy atom. The minimum Gasteiger partial charge on any atom is -0.329 e. The number of aryl methyl sites for hydroxylation is 2. The highest BCUT2D eigenvalue weighted by Crippen LogP contribution is 2.20. The van der Waals surface area contributed by atoms with Crippen LogP contribution in [0.2, 0.25) is 0 Å². The predicted octanol–water partition coefficient (Wildman–Crippen LogP) is 1.06. The average Bonchev–Trinajstić information content (AvgIpc) is 2.70. The number of hydrogen-bond acceptors (Lipinski definition) is 4. The van der Waals surface area contributed by atoms with Gasteiger partial charge in [0, 0.05) is 30.7 Å². The SMILES string of the molecule is Cc1nc2scc(C)n2c1CNCCN. The van der Waals surface area contributed by atoms with E-state index in [0.29, 0.717) is 6.54 Å². The van der Waals surface area contributed by atoms with Gasteiger partial charge in [-0.25, -0.2) is 4.98 Å². The smallest absolute Gasteiger partial charge is 0.194 e. The van der Waals surface area contributed by atoms with Gasteiger partial charge in [-0.2, -0.15) is 0 Å². The summed E-state index contributed by atoms with van der Waals surface area (Å²) >= 11 is 1.69. The van der Waals surface area contributed by atoms with E-state index in [1.165, 1.54) is 11.4 Å². The Hall–Kier alpha value is -0.910. The molecule has 4 nitrogen and oxygen atoms in total. The molecule has 0 aromatic carbocycles. The molecule has 0 saturated carbocycles. The Kier molecular flexibility index (Phi) is 3.04. The molecule has 0 aliphatic carbocycles. The Bertz CT molecular complexity index is 457. The van der Waals surface area contributed by atoms with Crippen LogP contribution in [0.5, 0.6) is 0 Å². The van der Waals surface area contributed by atoms with Crippen LogP contribution in [0.25, 0.3) is 4.96 Å². The van der Waals surface area contributed by atoms with Crippen LogP contribution in [-0.4, -0.2) is 22.5 Å². The van der Waals surface area contributed by atoms with Gasteiger partial charge >= 0.3 is 0 Å². The van der Waals surface area contributed by atoms with E-state index in [0.717, 1.165) is 23.7 Å². The molecular formula is C10H16N4S. The number of nitrogens with one attached hydrogen (secondary N) is 1. The van der Waals surface area contributed by atoms with E-state index in [4.69, 9.17) is 5.73 Å². The molecule has 15 heavy (non-hydrogen) atoms. The molecule has 82 valence electrons. The summed E-state index contributed by atoms with van der Waals surface area (Å²) in [6.07, 6.45) is 0. The van der Waals surface area contributed by atoms with Gasteiger partial charge in [0.05, 0.1) is 11.4 Å². The lowest BCUT2D eigenvalue weighted by Crippen LogP contribution is -2.23. The first-order chi connectivity index (χ1) is 7.24. The van der Waals surface area contributed by atoms with Crippen molar-refractivity contribution >= 4 is 16.3 Å². The number of rotatable bonds is 4. The Balaban J connectivity index is 2.30. The van der Waals surface area contributed by atoms with Crippen LogP contribution >= 0.6 is 11.3 Å². The van der Waals surface area contributed by atoms with Crippen LogP contribution in [0.3, 0.4) is 0 Å². The van der Waals surface area contributed by atoms with E-state index >= 15 is 0 Å². The van der Waals surface area contributed by atoms with Crippen molar-refractivity contribution in [3.8, 4) is 0 Å². The quantitative estimate of drug-likeness (QED) is 0.764. The van der Waals surface area contributed by atoms with Crippen molar-refractivity contribution in [2.24, 2.45) is 5.73 Å². The number of nitrogens with two attached hydrogens (primary N) is 1. The summed E-state index contributed by atoms with van der Waals surface area (Å²) in [5.41, 5.74) is 9.05. The zero-order chi connectivity index (χ0) is 10.8. The molecule has 2 rings (SSSR count). The highest BCUT2D eigenvalue weighted by molar-refractivity contribution is 7.15. The highest BCUT2D eigenvalue weighted by Gasteiger charge is 2.10. The van der Waals surface area contributed by atoms with Crippen LogP contribution in [0.4, 0.5) is 0 Å². The molecule has 0 bridgehead atoms. The summed E-state index contributed by atoms with van der Waals surface area (Å²) in [5, 5.41) is 5.44. The fourth-order valence-electron chi connectivity index (χ4n) is 1.68. The van der Waals surface area contributed by atoms with Crippen LogP contribution in [0, 0.1) is 13.8 Å². The van der Waals surface area contributed by atoms with Gasteiger partial charge in [0.25, 0.3) is 0 Å². The third kappa shape index (κ3) is 1.90. The van der Waals surface area contributed by atoms with Crippen LogP contribution < -0.4 is 11.1 Å². The summed E-state index contributed by atoms with van der Waals surface area (Å²) in [7, 11) is 0. The second-order valence-electron chi connectivity index (χ2n) is 3.60. The molecule has 2 heterocycles. The molecule has 0 unspecified atom stereocenters. The van der Waals surface area contributed by atoms with Gasteiger partial charge in [0.15, 0.2) is 4.96 Å². The molecule has 0 amide bonds. The fourth-order valence-corrected chi connectivity index (χ4v) is 2.62. The topological polar surface area (TPSA) is 55.3 Å². The maximum absolute atomic E-state index is 5.45. The average molecular weight is 224 g/mol. The number of imidazole rings is 1. The first-order valence-corrected chi connectivity index (χ1v) is 5.95. The molecule has 0 radical (unpaired) electrons. The highest BCUT2D eigenvalue weighted by atomic mass is 32.1. The van der Waals surface area contributed by atoms with Gasteiger partial charge in [-0.3, -0.25) is 4.40 Å². The van der Waals surface area contributed by atoms with E-state index in [-0.39, 0.29) is 0 Å². The van der Waals surface area contributed by atoms with Gasteiger partial charge in [0.2, 0.25) is 0 Å². The lowest BCUT2D eigenvalue weighted by molar-refractivity contribution is 0.674. The minimum absolute atomic E-state index is 0.670. The largest absolute Gasteiger partial charge is 0.329 e. The Morgan fingerprint density at radius 1 is 1.53 bits per heavy atom. The van der Waals surface area contributed by atoms with Crippen molar-refractivity contribution in [1.29, 1.82) is 0 Å². The third-order valence-corrected chi connectivity index (χ3v) is 3.39. The maximum atomic E-state index is 5.45. The van der Waals surface area contributed by atoms with E-state index < -0.39 is 0 Å². The zero-order valence-corrected chi connectivity index (χ0v) is 9.90. The molecule has 0 spiro atoms. The standard InChI is InChI=1S/C10H16N4S/c1-7-6-15-10-13-8(2)9(14(7)10)5-12-4-3-11/h6,12H,3-5,11H2,1-2H3. The van der Waals surface area contributed by atoms with E-state index in [2.05, 4.69) is 33.9 Å². The molecule has 0 atom stereocenters. The molecule has 0 aliphatic rings. The predicted molar refractivity (Wildman–Crippen MR) is 63.3 cm³/mol. The molecule has 0 saturated heterocycles.